The second-order valence-electron chi connectivity index (χ2n) is 4.91. The zero-order valence-corrected chi connectivity index (χ0v) is 12.4. The summed E-state index contributed by atoms with van der Waals surface area (Å²) in [4.78, 5) is 11.5. The second-order valence-corrected chi connectivity index (χ2v) is 7.32. The van der Waals surface area contributed by atoms with Crippen molar-refractivity contribution in [2.45, 2.75) is 18.1 Å². The van der Waals surface area contributed by atoms with Crippen LogP contribution in [0.2, 0.25) is 0 Å². The lowest BCUT2D eigenvalue weighted by Gasteiger charge is -2.03. The molecule has 0 aliphatic heterocycles. The monoisotopic (exact) mass is 309 g/mol. The molecule has 0 bridgehead atoms. The van der Waals surface area contributed by atoms with Crippen molar-refractivity contribution in [1.29, 1.82) is 5.26 Å². The molecule has 1 fully saturated rings. The van der Waals surface area contributed by atoms with Gasteiger partial charge in [0.05, 0.1) is 13.2 Å². The van der Waals surface area contributed by atoms with Gasteiger partial charge in [-0.2, -0.15) is 5.26 Å². The molecule has 0 spiro atoms. The lowest BCUT2D eigenvalue weighted by Crippen LogP contribution is -2.23. The van der Waals surface area contributed by atoms with Gasteiger partial charge in [0, 0.05) is 11.7 Å². The number of ether oxygens (including phenoxy) is 1. The maximum absolute atomic E-state index is 12.1. The summed E-state index contributed by atoms with van der Waals surface area (Å²) in [5.74, 6) is -1.86. The Labute approximate surface area is 122 Å². The zero-order chi connectivity index (χ0) is 15.8. The van der Waals surface area contributed by atoms with Crippen LogP contribution in [0.1, 0.15) is 18.4 Å². The number of carboxylic acid groups (broad SMARTS) is 1. The highest BCUT2D eigenvalue weighted by Crippen LogP contribution is 2.63. The Kier molecular flexibility index (Phi) is 3.68. The minimum absolute atomic E-state index is 0.193. The SMILES string of the molecule is CCS(=O)(=O)[C@@H]1[C@H](c2ccc(OC)cc2)[C@@]1(C#N)C(=O)O. The smallest absolute Gasteiger partial charge is 0.326 e. The summed E-state index contributed by atoms with van der Waals surface area (Å²) in [7, 11) is -2.14. The van der Waals surface area contributed by atoms with E-state index in [1.807, 2.05) is 0 Å². The molecule has 0 aromatic heterocycles. The maximum atomic E-state index is 12.1. The molecule has 1 saturated carbocycles. The second kappa shape index (κ2) is 5.04. The molecule has 21 heavy (non-hydrogen) atoms. The van der Waals surface area contributed by atoms with Crippen LogP contribution in [0.4, 0.5) is 0 Å². The van der Waals surface area contributed by atoms with Crippen LogP contribution >= 0.6 is 0 Å². The van der Waals surface area contributed by atoms with Gasteiger partial charge >= 0.3 is 5.97 Å². The molecule has 1 aromatic rings. The van der Waals surface area contributed by atoms with E-state index < -0.39 is 32.4 Å². The van der Waals surface area contributed by atoms with E-state index in [1.165, 1.54) is 14.0 Å². The first-order chi connectivity index (χ1) is 9.85. The first-order valence-corrected chi connectivity index (χ1v) is 8.06. The molecule has 1 aliphatic rings. The Morgan fingerprint density at radius 3 is 2.38 bits per heavy atom. The summed E-state index contributed by atoms with van der Waals surface area (Å²) in [6, 6.07) is 8.15. The summed E-state index contributed by atoms with van der Waals surface area (Å²) < 4.78 is 29.2. The fraction of sp³-hybridized carbons (Fsp3) is 0.429. The topological polar surface area (TPSA) is 104 Å². The number of methoxy groups -OCH3 is 1. The standard InChI is InChI=1S/C14H15NO5S/c1-3-21(18,19)12-11(14(12,8-15)13(16)17)9-4-6-10(20-2)7-5-9/h4-7,11-12H,3H2,1-2H3,(H,16,17)/t11-,12+,14+/m0/s1. The molecule has 0 saturated heterocycles. The number of aliphatic carboxylic acids is 1. The molecule has 0 radical (unpaired) electrons. The zero-order valence-electron chi connectivity index (χ0n) is 11.6. The van der Waals surface area contributed by atoms with Gasteiger partial charge in [-0.3, -0.25) is 4.79 Å². The van der Waals surface area contributed by atoms with Crippen LogP contribution < -0.4 is 4.74 Å². The van der Waals surface area contributed by atoms with E-state index in [-0.39, 0.29) is 5.75 Å². The van der Waals surface area contributed by atoms with Gasteiger partial charge in [0.25, 0.3) is 0 Å². The summed E-state index contributed by atoms with van der Waals surface area (Å²) >= 11 is 0. The van der Waals surface area contributed by atoms with Crippen molar-refractivity contribution in [3.05, 3.63) is 29.8 Å². The van der Waals surface area contributed by atoms with Crippen LogP contribution in [0, 0.1) is 16.7 Å². The first kappa shape index (κ1) is 15.3. The number of hydrogen-bond acceptors (Lipinski definition) is 5. The Balaban J connectivity index is 2.50. The summed E-state index contributed by atoms with van der Waals surface area (Å²) in [6.45, 7) is 1.45. The average Bonchev–Trinajstić information content (AvgIpc) is 3.19. The number of rotatable bonds is 5. The lowest BCUT2D eigenvalue weighted by atomic mass is 10.0. The van der Waals surface area contributed by atoms with Crippen LogP contribution in [-0.2, 0) is 14.6 Å². The molecule has 1 N–H and O–H groups in total. The van der Waals surface area contributed by atoms with Crippen molar-refractivity contribution in [3.8, 4) is 11.8 Å². The Morgan fingerprint density at radius 2 is 2.00 bits per heavy atom. The highest BCUT2D eigenvalue weighted by atomic mass is 32.2. The maximum Gasteiger partial charge on any atom is 0.326 e. The van der Waals surface area contributed by atoms with Gasteiger partial charge < -0.3 is 9.84 Å². The predicted molar refractivity (Wildman–Crippen MR) is 74.7 cm³/mol. The van der Waals surface area contributed by atoms with Crippen LogP contribution in [0.5, 0.6) is 5.75 Å². The molecule has 2 rings (SSSR count). The predicted octanol–water partition coefficient (Wildman–Crippen LogP) is 1.19. The van der Waals surface area contributed by atoms with Gasteiger partial charge in [0.15, 0.2) is 15.3 Å². The fourth-order valence-electron chi connectivity index (χ4n) is 2.71. The third-order valence-corrected chi connectivity index (χ3v) is 6.16. The average molecular weight is 309 g/mol. The molecule has 0 amide bonds. The highest BCUT2D eigenvalue weighted by Gasteiger charge is 2.76. The van der Waals surface area contributed by atoms with Crippen molar-refractivity contribution >= 4 is 15.8 Å². The normalized spacial score (nSPS) is 27.7. The van der Waals surface area contributed by atoms with E-state index in [1.54, 1.807) is 30.3 Å². The molecular weight excluding hydrogens is 294 g/mol. The molecule has 1 aliphatic carbocycles. The molecule has 3 atom stereocenters. The number of carbonyl (C=O) groups is 1. The number of nitrogens with zero attached hydrogens (tertiary/aromatic N) is 1. The third kappa shape index (κ3) is 2.16. The molecule has 6 nitrogen and oxygen atoms in total. The molecular formula is C14H15NO5S. The van der Waals surface area contributed by atoms with Crippen LogP contribution in [-0.4, -0.2) is 37.6 Å². The van der Waals surface area contributed by atoms with Gasteiger partial charge in [-0.15, -0.1) is 0 Å². The molecule has 112 valence electrons. The number of nitriles is 1. The summed E-state index contributed by atoms with van der Waals surface area (Å²) in [5.41, 5.74) is -1.38. The minimum atomic E-state index is -3.64. The van der Waals surface area contributed by atoms with E-state index in [0.717, 1.165) is 0 Å². The van der Waals surface area contributed by atoms with Gasteiger partial charge in [-0.25, -0.2) is 8.42 Å². The molecule has 7 heteroatoms. The molecule has 0 unspecified atom stereocenters. The third-order valence-electron chi connectivity index (χ3n) is 3.94. The molecule has 0 heterocycles. The van der Waals surface area contributed by atoms with E-state index in [4.69, 9.17) is 4.74 Å². The van der Waals surface area contributed by atoms with Crippen LogP contribution in [0.25, 0.3) is 0 Å². The Hall–Kier alpha value is -2.07. The lowest BCUT2D eigenvalue weighted by molar-refractivity contribution is -0.141. The fourth-order valence-corrected chi connectivity index (χ4v) is 4.64. The van der Waals surface area contributed by atoms with Crippen LogP contribution in [0.15, 0.2) is 24.3 Å². The van der Waals surface area contributed by atoms with Gasteiger partial charge in [0.1, 0.15) is 11.0 Å². The largest absolute Gasteiger partial charge is 0.497 e. The van der Waals surface area contributed by atoms with Crippen molar-refractivity contribution in [3.63, 3.8) is 0 Å². The first-order valence-electron chi connectivity index (χ1n) is 6.35. The number of carboxylic acids is 1. The number of sulfone groups is 1. The van der Waals surface area contributed by atoms with Crippen molar-refractivity contribution < 1.29 is 23.1 Å². The highest BCUT2D eigenvalue weighted by molar-refractivity contribution is 7.92. The van der Waals surface area contributed by atoms with Crippen molar-refractivity contribution in [1.82, 2.24) is 0 Å². The van der Waals surface area contributed by atoms with E-state index in [9.17, 15) is 23.6 Å². The summed E-state index contributed by atoms with van der Waals surface area (Å²) in [6.07, 6.45) is 0. The van der Waals surface area contributed by atoms with Crippen molar-refractivity contribution in [2.24, 2.45) is 5.41 Å². The van der Waals surface area contributed by atoms with Gasteiger partial charge in [-0.05, 0) is 17.7 Å². The number of hydrogen-bond donors (Lipinski definition) is 1. The van der Waals surface area contributed by atoms with E-state index in [2.05, 4.69) is 0 Å². The molecule has 1 aromatic carbocycles. The Bertz CT molecular complexity index is 704. The van der Waals surface area contributed by atoms with Crippen molar-refractivity contribution in [2.75, 3.05) is 12.9 Å². The van der Waals surface area contributed by atoms with E-state index in [0.29, 0.717) is 11.3 Å². The minimum Gasteiger partial charge on any atom is -0.497 e. The summed E-state index contributed by atoms with van der Waals surface area (Å²) in [5, 5.41) is 17.4. The van der Waals surface area contributed by atoms with Gasteiger partial charge in [-0.1, -0.05) is 19.1 Å². The number of benzene rings is 1. The van der Waals surface area contributed by atoms with Gasteiger partial charge in [0.2, 0.25) is 0 Å². The van der Waals surface area contributed by atoms with E-state index >= 15 is 0 Å². The Morgan fingerprint density at radius 1 is 1.43 bits per heavy atom. The van der Waals surface area contributed by atoms with Crippen LogP contribution in [0.3, 0.4) is 0 Å². The quantitative estimate of drug-likeness (QED) is 0.876.